The molecule has 1 N–H and O–H groups in total. The summed E-state index contributed by atoms with van der Waals surface area (Å²) < 4.78 is 5.60. The van der Waals surface area contributed by atoms with Crippen molar-refractivity contribution >= 4 is 5.57 Å². The van der Waals surface area contributed by atoms with Crippen molar-refractivity contribution in [2.75, 3.05) is 20.2 Å². The first-order valence-electron chi connectivity index (χ1n) is 7.52. The van der Waals surface area contributed by atoms with Gasteiger partial charge in [0.2, 0.25) is 0 Å². The molecule has 21 heavy (non-hydrogen) atoms. The molecule has 2 heteroatoms. The number of hydrogen-bond donors (Lipinski definition) is 1. The van der Waals surface area contributed by atoms with Gasteiger partial charge >= 0.3 is 0 Å². The van der Waals surface area contributed by atoms with Gasteiger partial charge in [-0.1, -0.05) is 42.5 Å². The third-order valence-corrected chi connectivity index (χ3v) is 4.71. The predicted octanol–water partition coefficient (Wildman–Crippen LogP) is 3.39. The molecule has 1 heterocycles. The zero-order valence-corrected chi connectivity index (χ0v) is 12.2. The number of rotatable bonds is 2. The van der Waals surface area contributed by atoms with Gasteiger partial charge in [0.25, 0.3) is 0 Å². The lowest BCUT2D eigenvalue weighted by Crippen LogP contribution is -2.16. The predicted molar refractivity (Wildman–Crippen MR) is 85.7 cm³/mol. The lowest BCUT2D eigenvalue weighted by atomic mass is 9.76. The highest BCUT2D eigenvalue weighted by molar-refractivity contribution is 5.79. The Kier molecular flexibility index (Phi) is 3.04. The van der Waals surface area contributed by atoms with Crippen LogP contribution in [0.2, 0.25) is 0 Å². The summed E-state index contributed by atoms with van der Waals surface area (Å²) in [5, 5.41) is 3.53. The van der Waals surface area contributed by atoms with Crippen LogP contribution in [0.25, 0.3) is 5.57 Å². The van der Waals surface area contributed by atoms with Crippen LogP contribution in [0, 0.1) is 0 Å². The Hall–Kier alpha value is -2.06. The molecule has 2 nitrogen and oxygen atoms in total. The molecule has 2 aromatic rings. The van der Waals surface area contributed by atoms with E-state index < -0.39 is 0 Å². The average Bonchev–Trinajstić information content (AvgIpc) is 3.04. The number of ether oxygens (including phenoxy) is 1. The van der Waals surface area contributed by atoms with Gasteiger partial charge in [-0.15, -0.1) is 0 Å². The van der Waals surface area contributed by atoms with E-state index in [0.29, 0.717) is 5.92 Å². The van der Waals surface area contributed by atoms with Gasteiger partial charge in [0.05, 0.1) is 7.11 Å². The van der Waals surface area contributed by atoms with E-state index in [-0.39, 0.29) is 0 Å². The van der Waals surface area contributed by atoms with E-state index in [1.165, 1.54) is 22.3 Å². The van der Waals surface area contributed by atoms with E-state index in [1.807, 2.05) is 0 Å². The molecule has 0 saturated heterocycles. The number of benzene rings is 2. The lowest BCUT2D eigenvalue weighted by Gasteiger charge is -2.28. The zero-order chi connectivity index (χ0) is 14.2. The molecule has 0 amide bonds. The molecule has 0 fully saturated rings. The van der Waals surface area contributed by atoms with Crippen LogP contribution in [-0.2, 0) is 6.42 Å². The number of methoxy groups -OCH3 is 1. The highest BCUT2D eigenvalue weighted by Gasteiger charge is 2.32. The molecule has 0 radical (unpaired) electrons. The van der Waals surface area contributed by atoms with Gasteiger partial charge in [-0.25, -0.2) is 0 Å². The highest BCUT2D eigenvalue weighted by atomic mass is 16.5. The van der Waals surface area contributed by atoms with Crippen LogP contribution in [0.15, 0.2) is 54.1 Å². The Balaban J connectivity index is 1.88. The van der Waals surface area contributed by atoms with Gasteiger partial charge in [-0.2, -0.15) is 0 Å². The summed E-state index contributed by atoms with van der Waals surface area (Å²) in [6, 6.07) is 17.3. The summed E-state index contributed by atoms with van der Waals surface area (Å²) in [5.41, 5.74) is 7.18. The minimum absolute atomic E-state index is 0.472. The molecule has 2 aromatic carbocycles. The second kappa shape index (κ2) is 5.05. The SMILES string of the molecule is COc1cccc2c1CC(c1ccccc1)C1=C2CNC1. The Labute approximate surface area is 125 Å². The van der Waals surface area contributed by atoms with Crippen LogP contribution in [0.1, 0.15) is 22.6 Å². The van der Waals surface area contributed by atoms with E-state index in [2.05, 4.69) is 53.8 Å². The fourth-order valence-corrected chi connectivity index (χ4v) is 3.73. The second-order valence-electron chi connectivity index (χ2n) is 5.76. The molecule has 1 unspecified atom stereocenters. The topological polar surface area (TPSA) is 21.3 Å². The third-order valence-electron chi connectivity index (χ3n) is 4.71. The summed E-state index contributed by atoms with van der Waals surface area (Å²) in [6.07, 6.45) is 1.03. The molecule has 0 saturated carbocycles. The van der Waals surface area contributed by atoms with Crippen LogP contribution >= 0.6 is 0 Å². The van der Waals surface area contributed by atoms with Crippen LogP contribution in [0.3, 0.4) is 0 Å². The largest absolute Gasteiger partial charge is 0.496 e. The quantitative estimate of drug-likeness (QED) is 0.908. The fraction of sp³-hybridized carbons (Fsp3) is 0.263. The summed E-state index contributed by atoms with van der Waals surface area (Å²) in [6.45, 7) is 1.98. The van der Waals surface area contributed by atoms with E-state index in [1.54, 1.807) is 12.7 Å². The third kappa shape index (κ3) is 1.98. The first kappa shape index (κ1) is 12.7. The van der Waals surface area contributed by atoms with E-state index in [9.17, 15) is 0 Å². The summed E-state index contributed by atoms with van der Waals surface area (Å²) in [5.74, 6) is 1.49. The average molecular weight is 277 g/mol. The van der Waals surface area contributed by atoms with Gasteiger partial charge in [-0.05, 0) is 34.8 Å². The normalized spacial score (nSPS) is 20.1. The molecule has 2 aliphatic rings. The number of hydrogen-bond acceptors (Lipinski definition) is 2. The molecular weight excluding hydrogens is 258 g/mol. The molecule has 106 valence electrons. The van der Waals surface area contributed by atoms with Crippen LogP contribution in [-0.4, -0.2) is 20.2 Å². The maximum atomic E-state index is 5.60. The second-order valence-corrected chi connectivity index (χ2v) is 5.76. The molecule has 4 rings (SSSR count). The molecule has 1 aliphatic heterocycles. The van der Waals surface area contributed by atoms with Crippen molar-refractivity contribution in [1.29, 1.82) is 0 Å². The first-order valence-corrected chi connectivity index (χ1v) is 7.52. The highest BCUT2D eigenvalue weighted by Crippen LogP contribution is 2.44. The van der Waals surface area contributed by atoms with Crippen molar-refractivity contribution in [2.45, 2.75) is 12.3 Å². The molecular formula is C19H19NO. The van der Waals surface area contributed by atoms with Gasteiger partial charge in [0.1, 0.15) is 5.75 Å². The van der Waals surface area contributed by atoms with Gasteiger partial charge in [0.15, 0.2) is 0 Å². The van der Waals surface area contributed by atoms with Crippen LogP contribution in [0.5, 0.6) is 5.75 Å². The van der Waals surface area contributed by atoms with Gasteiger partial charge in [-0.3, -0.25) is 0 Å². The van der Waals surface area contributed by atoms with Crippen molar-refractivity contribution < 1.29 is 4.74 Å². The zero-order valence-electron chi connectivity index (χ0n) is 12.2. The van der Waals surface area contributed by atoms with Crippen molar-refractivity contribution in [1.82, 2.24) is 5.32 Å². The van der Waals surface area contributed by atoms with Crippen molar-refractivity contribution in [3.8, 4) is 5.75 Å². The standard InChI is InChI=1S/C19H19NO/c1-21-19-9-5-8-14-16(19)10-15(13-6-3-2-4-7-13)18-12-20-11-17(14)18/h2-9,15,20H,10-12H2,1H3. The Morgan fingerprint density at radius 2 is 1.86 bits per heavy atom. The van der Waals surface area contributed by atoms with Gasteiger partial charge < -0.3 is 10.1 Å². The molecule has 0 aromatic heterocycles. The number of nitrogens with one attached hydrogen (secondary N) is 1. The lowest BCUT2D eigenvalue weighted by molar-refractivity contribution is 0.408. The van der Waals surface area contributed by atoms with E-state index in [4.69, 9.17) is 4.74 Å². The van der Waals surface area contributed by atoms with E-state index >= 15 is 0 Å². The molecule has 0 bridgehead atoms. The Morgan fingerprint density at radius 3 is 2.67 bits per heavy atom. The maximum absolute atomic E-state index is 5.60. The van der Waals surface area contributed by atoms with Crippen molar-refractivity contribution in [2.24, 2.45) is 0 Å². The monoisotopic (exact) mass is 277 g/mol. The molecule has 1 atom stereocenters. The Morgan fingerprint density at radius 1 is 1.00 bits per heavy atom. The smallest absolute Gasteiger partial charge is 0.122 e. The number of fused-ring (bicyclic) bond motifs is 2. The minimum Gasteiger partial charge on any atom is -0.496 e. The maximum Gasteiger partial charge on any atom is 0.122 e. The van der Waals surface area contributed by atoms with Crippen molar-refractivity contribution in [3.05, 3.63) is 70.8 Å². The summed E-state index contributed by atoms with van der Waals surface area (Å²) >= 11 is 0. The fourth-order valence-electron chi connectivity index (χ4n) is 3.73. The molecule has 1 aliphatic carbocycles. The summed E-state index contributed by atoms with van der Waals surface area (Å²) in [4.78, 5) is 0. The molecule has 0 spiro atoms. The first-order chi connectivity index (χ1) is 10.4. The van der Waals surface area contributed by atoms with Crippen LogP contribution in [0.4, 0.5) is 0 Å². The Bertz CT molecular complexity index is 703. The summed E-state index contributed by atoms with van der Waals surface area (Å²) in [7, 11) is 1.77. The van der Waals surface area contributed by atoms with Gasteiger partial charge in [0, 0.05) is 24.6 Å². The van der Waals surface area contributed by atoms with Crippen molar-refractivity contribution in [3.63, 3.8) is 0 Å². The van der Waals surface area contributed by atoms with Crippen LogP contribution < -0.4 is 10.1 Å². The van der Waals surface area contributed by atoms with E-state index in [0.717, 1.165) is 25.3 Å². The minimum atomic E-state index is 0.472.